The third-order valence-electron chi connectivity index (χ3n) is 5.32. The van der Waals surface area contributed by atoms with Crippen molar-refractivity contribution in [3.63, 3.8) is 0 Å². The van der Waals surface area contributed by atoms with E-state index in [0.717, 1.165) is 4.90 Å². The normalized spacial score (nSPS) is 14.6. The van der Waals surface area contributed by atoms with Crippen molar-refractivity contribution in [1.82, 2.24) is 5.32 Å². The van der Waals surface area contributed by atoms with E-state index in [-0.39, 0.29) is 22.4 Å². The van der Waals surface area contributed by atoms with E-state index in [1.807, 2.05) is 0 Å². The fourth-order valence-corrected chi connectivity index (χ4v) is 4.86. The lowest BCUT2D eigenvalue weighted by Gasteiger charge is -2.27. The molecule has 1 N–H and O–H groups in total. The predicted molar refractivity (Wildman–Crippen MR) is 140 cm³/mol. The summed E-state index contributed by atoms with van der Waals surface area (Å²) in [5.41, 5.74) is 1.25. The van der Waals surface area contributed by atoms with Crippen LogP contribution in [0.5, 0.6) is 11.5 Å². The molecule has 0 unspecified atom stereocenters. The number of carbonyl (C=O) groups is 4. The van der Waals surface area contributed by atoms with Crippen LogP contribution in [-0.4, -0.2) is 30.9 Å². The number of nitrogens with one attached hydrogen (secondary N) is 1. The van der Waals surface area contributed by atoms with E-state index in [2.05, 4.69) is 37.2 Å². The Balaban J connectivity index is 1.74. The molecule has 1 aliphatic rings. The van der Waals surface area contributed by atoms with Gasteiger partial charge in [0.1, 0.15) is 11.3 Å². The largest absolute Gasteiger partial charge is 0.497 e. The smallest absolute Gasteiger partial charge is 0.343 e. The molecule has 1 heterocycles. The maximum absolute atomic E-state index is 13.3. The second kappa shape index (κ2) is 10.5. The fraction of sp³-hybridized carbons (Fsp3) is 0.0769. The van der Waals surface area contributed by atoms with Crippen molar-refractivity contribution in [3.8, 4) is 11.5 Å². The molecule has 3 aromatic rings. The molecule has 10 heteroatoms. The van der Waals surface area contributed by atoms with Crippen LogP contribution >= 0.6 is 31.9 Å². The number of aryl methyl sites for hydroxylation is 1. The van der Waals surface area contributed by atoms with Crippen LogP contribution in [0.3, 0.4) is 0 Å². The number of methoxy groups -OCH3 is 1. The van der Waals surface area contributed by atoms with E-state index in [1.165, 1.54) is 13.2 Å². The number of urea groups is 1. The van der Waals surface area contributed by atoms with Crippen molar-refractivity contribution in [2.75, 3.05) is 12.0 Å². The van der Waals surface area contributed by atoms with Gasteiger partial charge in [-0.05, 0) is 77.0 Å². The van der Waals surface area contributed by atoms with Gasteiger partial charge in [0.15, 0.2) is 5.75 Å². The standard InChI is InChI=1S/C26H18Br2N2O6/c1-14-5-3-4-6-21(14)30-24(32)19(23(31)29-26(30)34)12-16-11-17(27)13-20(28)22(16)36-25(33)15-7-9-18(35-2)10-8-15/h3-13H,1-2H3,(H,29,31,34)/b19-12-. The number of halogens is 2. The third-order valence-corrected chi connectivity index (χ3v) is 6.36. The number of para-hydroxylation sites is 1. The first-order valence-corrected chi connectivity index (χ1v) is 12.1. The average Bonchev–Trinajstić information content (AvgIpc) is 2.84. The maximum Gasteiger partial charge on any atom is 0.343 e. The van der Waals surface area contributed by atoms with Gasteiger partial charge in [-0.25, -0.2) is 14.5 Å². The van der Waals surface area contributed by atoms with Gasteiger partial charge in [-0.3, -0.25) is 14.9 Å². The predicted octanol–water partition coefficient (Wildman–Crippen LogP) is 5.41. The number of benzene rings is 3. The van der Waals surface area contributed by atoms with Crippen LogP contribution in [0.4, 0.5) is 10.5 Å². The quantitative estimate of drug-likeness (QED) is 0.179. The molecule has 0 aromatic heterocycles. The summed E-state index contributed by atoms with van der Waals surface area (Å²) in [5.74, 6) is -1.65. The summed E-state index contributed by atoms with van der Waals surface area (Å²) in [6.07, 6.45) is 1.28. The zero-order chi connectivity index (χ0) is 26.0. The van der Waals surface area contributed by atoms with Crippen LogP contribution < -0.4 is 19.7 Å². The van der Waals surface area contributed by atoms with Crippen molar-refractivity contribution >= 4 is 67.4 Å². The lowest BCUT2D eigenvalue weighted by atomic mass is 10.0. The Bertz CT molecular complexity index is 1430. The van der Waals surface area contributed by atoms with Crippen LogP contribution in [0, 0.1) is 6.92 Å². The summed E-state index contributed by atoms with van der Waals surface area (Å²) in [6, 6.07) is 15.6. The van der Waals surface area contributed by atoms with E-state index >= 15 is 0 Å². The first-order chi connectivity index (χ1) is 17.2. The Morgan fingerprint density at radius 2 is 1.69 bits per heavy atom. The lowest BCUT2D eigenvalue weighted by Crippen LogP contribution is -2.54. The molecule has 0 radical (unpaired) electrons. The van der Waals surface area contributed by atoms with Gasteiger partial charge in [-0.15, -0.1) is 0 Å². The van der Waals surface area contributed by atoms with Gasteiger partial charge >= 0.3 is 12.0 Å². The number of carbonyl (C=O) groups excluding carboxylic acids is 4. The highest BCUT2D eigenvalue weighted by molar-refractivity contribution is 9.11. The monoisotopic (exact) mass is 612 g/mol. The molecule has 4 amide bonds. The Hall–Kier alpha value is -3.76. The first-order valence-electron chi connectivity index (χ1n) is 10.5. The number of imide groups is 2. The van der Waals surface area contributed by atoms with Gasteiger partial charge in [0.05, 0.1) is 22.8 Å². The van der Waals surface area contributed by atoms with Gasteiger partial charge < -0.3 is 9.47 Å². The minimum absolute atomic E-state index is 0.0893. The zero-order valence-corrected chi connectivity index (χ0v) is 22.2. The maximum atomic E-state index is 13.3. The van der Waals surface area contributed by atoms with Crippen LogP contribution in [-0.2, 0) is 9.59 Å². The summed E-state index contributed by atoms with van der Waals surface area (Å²) in [4.78, 5) is 52.3. The van der Waals surface area contributed by atoms with E-state index < -0.39 is 23.8 Å². The Kier molecular flexibility index (Phi) is 7.37. The van der Waals surface area contributed by atoms with Crippen molar-refractivity contribution in [1.29, 1.82) is 0 Å². The summed E-state index contributed by atoms with van der Waals surface area (Å²) in [7, 11) is 1.52. The molecule has 1 aliphatic heterocycles. The summed E-state index contributed by atoms with van der Waals surface area (Å²) in [6.45, 7) is 1.75. The van der Waals surface area contributed by atoms with Gasteiger partial charge in [-0.1, -0.05) is 34.1 Å². The number of hydrogen-bond acceptors (Lipinski definition) is 6. The lowest BCUT2D eigenvalue weighted by molar-refractivity contribution is -0.122. The van der Waals surface area contributed by atoms with E-state index in [9.17, 15) is 19.2 Å². The number of rotatable bonds is 5. The molecule has 36 heavy (non-hydrogen) atoms. The van der Waals surface area contributed by atoms with Crippen LogP contribution in [0.15, 0.2) is 75.2 Å². The number of amides is 4. The average molecular weight is 614 g/mol. The van der Waals surface area contributed by atoms with Crippen molar-refractivity contribution < 1.29 is 28.7 Å². The molecule has 4 rings (SSSR count). The molecule has 3 aromatic carbocycles. The van der Waals surface area contributed by atoms with E-state index in [1.54, 1.807) is 67.6 Å². The van der Waals surface area contributed by atoms with Crippen LogP contribution in [0.25, 0.3) is 6.08 Å². The Labute approximate surface area is 223 Å². The molecule has 8 nitrogen and oxygen atoms in total. The van der Waals surface area contributed by atoms with Gasteiger partial charge in [0.25, 0.3) is 11.8 Å². The Morgan fingerprint density at radius 1 is 1.00 bits per heavy atom. The van der Waals surface area contributed by atoms with Crippen molar-refractivity contribution in [2.24, 2.45) is 0 Å². The molecule has 0 spiro atoms. The minimum atomic E-state index is -0.863. The van der Waals surface area contributed by atoms with Crippen molar-refractivity contribution in [3.05, 3.63) is 91.9 Å². The van der Waals surface area contributed by atoms with Gasteiger partial charge in [0, 0.05) is 10.0 Å². The molecule has 0 bridgehead atoms. The van der Waals surface area contributed by atoms with Gasteiger partial charge in [0.2, 0.25) is 0 Å². The van der Waals surface area contributed by atoms with Gasteiger partial charge in [-0.2, -0.15) is 0 Å². The highest BCUT2D eigenvalue weighted by Crippen LogP contribution is 2.36. The number of esters is 1. The summed E-state index contributed by atoms with van der Waals surface area (Å²) in [5, 5.41) is 2.20. The topological polar surface area (TPSA) is 102 Å². The second-order valence-electron chi connectivity index (χ2n) is 7.67. The number of barbiturate groups is 1. The molecule has 1 saturated heterocycles. The fourth-order valence-electron chi connectivity index (χ4n) is 3.52. The molecule has 1 fully saturated rings. The molecular weight excluding hydrogens is 596 g/mol. The molecule has 182 valence electrons. The zero-order valence-electron chi connectivity index (χ0n) is 19.0. The van der Waals surface area contributed by atoms with E-state index in [0.29, 0.717) is 25.9 Å². The van der Waals surface area contributed by atoms with Crippen molar-refractivity contribution in [2.45, 2.75) is 6.92 Å². The number of anilines is 1. The SMILES string of the molecule is COc1ccc(C(=O)Oc2c(Br)cc(Br)cc2/C=C2/C(=O)NC(=O)N(c3ccccc3C)C2=O)cc1. The van der Waals surface area contributed by atoms with Crippen LogP contribution in [0.1, 0.15) is 21.5 Å². The number of ether oxygens (including phenoxy) is 2. The molecular formula is C26H18Br2N2O6. The highest BCUT2D eigenvalue weighted by atomic mass is 79.9. The first kappa shape index (κ1) is 25.3. The minimum Gasteiger partial charge on any atom is -0.497 e. The summed E-state index contributed by atoms with van der Waals surface area (Å²) >= 11 is 6.75. The highest BCUT2D eigenvalue weighted by Gasteiger charge is 2.37. The van der Waals surface area contributed by atoms with E-state index in [4.69, 9.17) is 9.47 Å². The number of nitrogens with zero attached hydrogens (tertiary/aromatic N) is 1. The Morgan fingerprint density at radius 3 is 2.36 bits per heavy atom. The van der Waals surface area contributed by atoms with Crippen LogP contribution in [0.2, 0.25) is 0 Å². The number of hydrogen-bond donors (Lipinski definition) is 1. The second-order valence-corrected chi connectivity index (χ2v) is 9.44. The third kappa shape index (κ3) is 5.09. The molecule has 0 aliphatic carbocycles. The molecule has 0 atom stereocenters. The summed E-state index contributed by atoms with van der Waals surface area (Å²) < 4.78 is 11.7. The molecule has 0 saturated carbocycles.